The lowest BCUT2D eigenvalue weighted by Gasteiger charge is -2.21. The van der Waals surface area contributed by atoms with E-state index in [2.05, 4.69) is 0 Å². The van der Waals surface area contributed by atoms with Crippen molar-refractivity contribution in [3.63, 3.8) is 0 Å². The number of benzene rings is 1. The summed E-state index contributed by atoms with van der Waals surface area (Å²) in [5.74, 6) is -0.513. The fourth-order valence-electron chi connectivity index (χ4n) is 2.73. The van der Waals surface area contributed by atoms with Gasteiger partial charge in [0.15, 0.2) is 0 Å². The molecule has 6 heteroatoms. The minimum absolute atomic E-state index is 0.0403. The highest BCUT2D eigenvalue weighted by Gasteiger charge is 2.22. The molecule has 0 saturated heterocycles. The number of ether oxygens (including phenoxy) is 1. The Morgan fingerprint density at radius 2 is 2.04 bits per heavy atom. The third kappa shape index (κ3) is 5.13. The normalized spacial score (nSPS) is 14.7. The molecule has 0 radical (unpaired) electrons. The lowest BCUT2D eigenvalue weighted by atomic mass is 10.1. The summed E-state index contributed by atoms with van der Waals surface area (Å²) in [6, 6.07) is 5.06. The molecule has 1 fully saturated rings. The second kappa shape index (κ2) is 8.20. The first-order valence-electron chi connectivity index (χ1n) is 7.91. The third-order valence-electron chi connectivity index (χ3n) is 4.00. The van der Waals surface area contributed by atoms with Crippen LogP contribution >= 0.6 is 11.6 Å². The van der Waals surface area contributed by atoms with Crippen molar-refractivity contribution in [1.29, 1.82) is 0 Å². The van der Waals surface area contributed by atoms with Crippen LogP contribution in [0.25, 0.3) is 0 Å². The maximum atomic E-state index is 12.6. The molecule has 0 atom stereocenters. The van der Waals surface area contributed by atoms with Crippen LogP contribution in [0.4, 0.5) is 0 Å². The summed E-state index contributed by atoms with van der Waals surface area (Å²) < 4.78 is 5.98. The molecule has 0 aliphatic heterocycles. The second-order valence-corrected chi connectivity index (χ2v) is 6.33. The van der Waals surface area contributed by atoms with Crippen molar-refractivity contribution >= 4 is 23.5 Å². The van der Waals surface area contributed by atoms with Gasteiger partial charge in [0.2, 0.25) is 0 Å². The standard InChI is InChI=1S/C17H22ClNO4/c1-19(10-4-7-16(20)21)17(22)14-11-12(18)8-9-15(14)23-13-5-2-3-6-13/h8-9,11,13H,2-7,10H2,1H3,(H,20,21). The quantitative estimate of drug-likeness (QED) is 0.824. The second-order valence-electron chi connectivity index (χ2n) is 5.89. The van der Waals surface area contributed by atoms with E-state index in [1.807, 2.05) is 0 Å². The van der Waals surface area contributed by atoms with Gasteiger partial charge in [-0.05, 0) is 50.3 Å². The van der Waals surface area contributed by atoms with Gasteiger partial charge in [-0.1, -0.05) is 11.6 Å². The molecule has 23 heavy (non-hydrogen) atoms. The van der Waals surface area contributed by atoms with Crippen LogP contribution in [0.2, 0.25) is 5.02 Å². The van der Waals surface area contributed by atoms with Crippen molar-refractivity contribution in [3.05, 3.63) is 28.8 Å². The summed E-state index contributed by atoms with van der Waals surface area (Å²) in [6.07, 6.45) is 4.91. The fourth-order valence-corrected chi connectivity index (χ4v) is 2.90. The molecule has 5 nitrogen and oxygen atoms in total. The maximum Gasteiger partial charge on any atom is 0.303 e. The fraction of sp³-hybridized carbons (Fsp3) is 0.529. The first kappa shape index (κ1) is 17.6. The molecule has 0 bridgehead atoms. The molecule has 0 aromatic heterocycles. The summed E-state index contributed by atoms with van der Waals surface area (Å²) in [5, 5.41) is 9.16. The number of hydrogen-bond donors (Lipinski definition) is 1. The van der Waals surface area contributed by atoms with Crippen LogP contribution < -0.4 is 4.74 Å². The lowest BCUT2D eigenvalue weighted by Crippen LogP contribution is -2.29. The molecule has 2 rings (SSSR count). The van der Waals surface area contributed by atoms with Gasteiger partial charge in [-0.2, -0.15) is 0 Å². The van der Waals surface area contributed by atoms with Gasteiger partial charge in [0.25, 0.3) is 5.91 Å². The van der Waals surface area contributed by atoms with Crippen LogP contribution in [0, 0.1) is 0 Å². The van der Waals surface area contributed by atoms with Gasteiger partial charge in [-0.25, -0.2) is 0 Å². The number of hydrogen-bond acceptors (Lipinski definition) is 3. The molecule has 0 spiro atoms. The Morgan fingerprint density at radius 3 is 2.70 bits per heavy atom. The topological polar surface area (TPSA) is 66.8 Å². The monoisotopic (exact) mass is 339 g/mol. The molecular weight excluding hydrogens is 318 g/mol. The number of amides is 1. The first-order valence-corrected chi connectivity index (χ1v) is 8.28. The molecule has 1 aromatic rings. The molecule has 0 unspecified atom stereocenters. The molecule has 0 heterocycles. The van der Waals surface area contributed by atoms with E-state index in [1.165, 1.54) is 4.90 Å². The molecule has 1 saturated carbocycles. The van der Waals surface area contributed by atoms with E-state index in [9.17, 15) is 9.59 Å². The molecule has 1 amide bonds. The van der Waals surface area contributed by atoms with Crippen molar-refractivity contribution in [1.82, 2.24) is 4.90 Å². The van der Waals surface area contributed by atoms with Crippen LogP contribution in [0.15, 0.2) is 18.2 Å². The van der Waals surface area contributed by atoms with E-state index in [4.69, 9.17) is 21.4 Å². The summed E-state index contributed by atoms with van der Waals surface area (Å²) in [6.45, 7) is 0.376. The van der Waals surface area contributed by atoms with Crippen LogP contribution in [0.1, 0.15) is 48.9 Å². The number of carbonyl (C=O) groups is 2. The van der Waals surface area contributed by atoms with Gasteiger partial charge in [-0.15, -0.1) is 0 Å². The van der Waals surface area contributed by atoms with Crippen molar-refractivity contribution in [3.8, 4) is 5.75 Å². The highest BCUT2D eigenvalue weighted by Crippen LogP contribution is 2.29. The van der Waals surface area contributed by atoms with Crippen LogP contribution in [0.5, 0.6) is 5.75 Å². The Morgan fingerprint density at radius 1 is 1.35 bits per heavy atom. The van der Waals surface area contributed by atoms with E-state index in [0.29, 0.717) is 29.3 Å². The van der Waals surface area contributed by atoms with Crippen LogP contribution in [-0.4, -0.2) is 41.6 Å². The zero-order valence-corrected chi connectivity index (χ0v) is 14.0. The first-order chi connectivity index (χ1) is 11.0. The Bertz CT molecular complexity index is 570. The number of nitrogens with zero attached hydrogens (tertiary/aromatic N) is 1. The van der Waals surface area contributed by atoms with Crippen molar-refractivity contribution in [2.24, 2.45) is 0 Å². The van der Waals surface area contributed by atoms with Gasteiger partial charge in [0, 0.05) is 25.0 Å². The molecule has 1 aromatic carbocycles. The highest BCUT2D eigenvalue weighted by atomic mass is 35.5. The Labute approximate surface area is 141 Å². The SMILES string of the molecule is CN(CCCC(=O)O)C(=O)c1cc(Cl)ccc1OC1CCCC1. The Hall–Kier alpha value is -1.75. The highest BCUT2D eigenvalue weighted by molar-refractivity contribution is 6.31. The average molecular weight is 340 g/mol. The largest absolute Gasteiger partial charge is 0.490 e. The van der Waals surface area contributed by atoms with E-state index >= 15 is 0 Å². The van der Waals surface area contributed by atoms with Gasteiger partial charge < -0.3 is 14.7 Å². The minimum atomic E-state index is -0.862. The summed E-state index contributed by atoms with van der Waals surface area (Å²) >= 11 is 6.02. The Kier molecular flexibility index (Phi) is 6.28. The summed E-state index contributed by atoms with van der Waals surface area (Å²) in [7, 11) is 1.66. The number of halogens is 1. The zero-order chi connectivity index (χ0) is 16.8. The summed E-state index contributed by atoms with van der Waals surface area (Å²) in [4.78, 5) is 24.7. The molecule has 1 aliphatic carbocycles. The third-order valence-corrected chi connectivity index (χ3v) is 4.23. The number of carboxylic acid groups (broad SMARTS) is 1. The van der Waals surface area contributed by atoms with Crippen molar-refractivity contribution in [2.45, 2.75) is 44.6 Å². The van der Waals surface area contributed by atoms with Crippen LogP contribution in [-0.2, 0) is 4.79 Å². The lowest BCUT2D eigenvalue weighted by molar-refractivity contribution is -0.137. The van der Waals surface area contributed by atoms with Gasteiger partial charge in [0.1, 0.15) is 5.75 Å². The van der Waals surface area contributed by atoms with E-state index in [0.717, 1.165) is 25.7 Å². The molecule has 1 N–H and O–H groups in total. The van der Waals surface area contributed by atoms with Gasteiger partial charge >= 0.3 is 5.97 Å². The predicted molar refractivity (Wildman–Crippen MR) is 88.2 cm³/mol. The minimum Gasteiger partial charge on any atom is -0.490 e. The van der Waals surface area contributed by atoms with Crippen molar-refractivity contribution < 1.29 is 19.4 Å². The summed E-state index contributed by atoms with van der Waals surface area (Å²) in [5.41, 5.74) is 0.433. The van der Waals surface area contributed by atoms with E-state index in [1.54, 1.807) is 25.2 Å². The van der Waals surface area contributed by atoms with Crippen LogP contribution in [0.3, 0.4) is 0 Å². The zero-order valence-electron chi connectivity index (χ0n) is 13.3. The van der Waals surface area contributed by atoms with E-state index in [-0.39, 0.29) is 18.4 Å². The number of rotatable bonds is 7. The van der Waals surface area contributed by atoms with Crippen molar-refractivity contribution in [2.75, 3.05) is 13.6 Å². The predicted octanol–water partition coefficient (Wildman–Crippen LogP) is 3.60. The average Bonchev–Trinajstić information content (AvgIpc) is 3.01. The molecular formula is C17H22ClNO4. The number of aliphatic carboxylic acids is 1. The van der Waals surface area contributed by atoms with Gasteiger partial charge in [-0.3, -0.25) is 9.59 Å². The maximum absolute atomic E-state index is 12.6. The van der Waals surface area contributed by atoms with Gasteiger partial charge in [0.05, 0.1) is 11.7 Å². The van der Waals surface area contributed by atoms with E-state index < -0.39 is 5.97 Å². The molecule has 126 valence electrons. The smallest absolute Gasteiger partial charge is 0.303 e. The number of carbonyl (C=O) groups excluding carboxylic acids is 1. The number of carboxylic acids is 1. The Balaban J connectivity index is 2.07. The molecule has 1 aliphatic rings.